The fourth-order valence-corrected chi connectivity index (χ4v) is 3.62. The van der Waals surface area contributed by atoms with Crippen molar-refractivity contribution in [3.05, 3.63) is 51.5 Å². The van der Waals surface area contributed by atoms with Gasteiger partial charge in [0.2, 0.25) is 5.91 Å². The first-order valence-corrected chi connectivity index (χ1v) is 9.21. The first-order valence-electron chi connectivity index (χ1n) is 7.60. The second-order valence-corrected chi connectivity index (χ2v) is 7.33. The van der Waals surface area contributed by atoms with Gasteiger partial charge in [0.05, 0.1) is 11.8 Å². The maximum Gasteiger partial charge on any atom is 0.271 e. The molecule has 0 fully saturated rings. The van der Waals surface area contributed by atoms with Gasteiger partial charge in [-0.2, -0.15) is 0 Å². The summed E-state index contributed by atoms with van der Waals surface area (Å²) < 4.78 is 2.93. The maximum absolute atomic E-state index is 12.6. The Morgan fingerprint density at radius 1 is 1.33 bits per heavy atom. The van der Waals surface area contributed by atoms with E-state index in [1.807, 2.05) is 37.3 Å². The normalized spacial score (nSPS) is 10.9. The molecule has 24 heavy (non-hydrogen) atoms. The fourth-order valence-electron chi connectivity index (χ4n) is 2.29. The fraction of sp³-hybridized carbons (Fsp3) is 0.235. The van der Waals surface area contributed by atoms with Gasteiger partial charge < -0.3 is 5.32 Å². The number of carbonyl (C=O) groups excluding carboxylic acids is 1. The van der Waals surface area contributed by atoms with E-state index in [1.165, 1.54) is 22.2 Å². The quantitative estimate of drug-likeness (QED) is 0.707. The molecule has 0 saturated carbocycles. The van der Waals surface area contributed by atoms with Crippen molar-refractivity contribution in [1.82, 2.24) is 14.9 Å². The molecular weight excluding hydrogens is 390 g/mol. The van der Waals surface area contributed by atoms with Crippen LogP contribution in [0.2, 0.25) is 0 Å². The third-order valence-corrected chi connectivity index (χ3v) is 5.21. The molecule has 0 radical (unpaired) electrons. The highest BCUT2D eigenvalue weighted by molar-refractivity contribution is 9.10. The predicted octanol–water partition coefficient (Wildman–Crippen LogP) is 3.41. The van der Waals surface area contributed by atoms with Crippen molar-refractivity contribution in [3.8, 4) is 10.4 Å². The Balaban J connectivity index is 1.93. The summed E-state index contributed by atoms with van der Waals surface area (Å²) in [6.07, 6.45) is 2.30. The SMILES string of the molecule is CCCNC(=O)Cn1cnc2cc(-c3ccc(Br)cc3)sc2c1=O. The van der Waals surface area contributed by atoms with Crippen LogP contribution in [0.25, 0.3) is 20.7 Å². The summed E-state index contributed by atoms with van der Waals surface area (Å²) in [6.45, 7) is 2.58. The van der Waals surface area contributed by atoms with E-state index in [-0.39, 0.29) is 18.0 Å². The smallest absolute Gasteiger partial charge is 0.271 e. The third-order valence-electron chi connectivity index (χ3n) is 3.52. The lowest BCUT2D eigenvalue weighted by Gasteiger charge is -2.05. The third kappa shape index (κ3) is 3.57. The number of aromatic nitrogens is 2. The van der Waals surface area contributed by atoms with E-state index in [9.17, 15) is 9.59 Å². The van der Waals surface area contributed by atoms with Crippen LogP contribution >= 0.6 is 27.3 Å². The monoisotopic (exact) mass is 405 g/mol. The summed E-state index contributed by atoms with van der Waals surface area (Å²) in [5.41, 5.74) is 1.51. The van der Waals surface area contributed by atoms with E-state index < -0.39 is 0 Å². The van der Waals surface area contributed by atoms with Gasteiger partial charge in [0, 0.05) is 15.9 Å². The lowest BCUT2D eigenvalue weighted by atomic mass is 10.2. The summed E-state index contributed by atoms with van der Waals surface area (Å²) in [4.78, 5) is 29.7. The number of nitrogens with one attached hydrogen (secondary N) is 1. The van der Waals surface area contributed by atoms with E-state index in [4.69, 9.17) is 0 Å². The van der Waals surface area contributed by atoms with Gasteiger partial charge in [0.15, 0.2) is 0 Å². The molecular formula is C17H16BrN3O2S. The van der Waals surface area contributed by atoms with Crippen molar-refractivity contribution < 1.29 is 4.79 Å². The average Bonchev–Trinajstić information content (AvgIpc) is 3.01. The van der Waals surface area contributed by atoms with Gasteiger partial charge in [0.25, 0.3) is 5.56 Å². The number of rotatable bonds is 5. The van der Waals surface area contributed by atoms with Crippen LogP contribution in [0, 0.1) is 0 Å². The number of amides is 1. The van der Waals surface area contributed by atoms with Gasteiger partial charge in [-0.3, -0.25) is 14.2 Å². The van der Waals surface area contributed by atoms with E-state index in [0.717, 1.165) is 21.3 Å². The molecule has 0 bridgehead atoms. The van der Waals surface area contributed by atoms with Crippen molar-refractivity contribution in [3.63, 3.8) is 0 Å². The zero-order valence-electron chi connectivity index (χ0n) is 13.1. The molecule has 0 saturated heterocycles. The molecule has 0 spiro atoms. The molecule has 1 N–H and O–H groups in total. The molecule has 1 aromatic carbocycles. The molecule has 0 atom stereocenters. The summed E-state index contributed by atoms with van der Waals surface area (Å²) in [5.74, 6) is -0.176. The highest BCUT2D eigenvalue weighted by atomic mass is 79.9. The molecule has 2 heterocycles. The number of halogens is 1. The number of hydrogen-bond acceptors (Lipinski definition) is 4. The molecule has 3 aromatic rings. The first-order chi connectivity index (χ1) is 11.6. The van der Waals surface area contributed by atoms with Crippen molar-refractivity contribution in [1.29, 1.82) is 0 Å². The summed E-state index contributed by atoms with van der Waals surface area (Å²) in [5, 5.41) is 2.76. The molecule has 0 aliphatic carbocycles. The van der Waals surface area contributed by atoms with Gasteiger partial charge in [-0.25, -0.2) is 4.98 Å². The Hall–Kier alpha value is -1.99. The standard InChI is InChI=1S/C17H16BrN3O2S/c1-2-7-19-15(22)9-21-10-20-13-8-14(24-16(13)17(21)23)11-3-5-12(18)6-4-11/h3-6,8,10H,2,7,9H2,1H3,(H,19,22). The lowest BCUT2D eigenvalue weighted by molar-refractivity contribution is -0.121. The minimum Gasteiger partial charge on any atom is -0.355 e. The second-order valence-electron chi connectivity index (χ2n) is 5.36. The van der Waals surface area contributed by atoms with Gasteiger partial charge in [0.1, 0.15) is 11.2 Å². The molecule has 0 aliphatic rings. The Bertz CT molecular complexity index is 931. The topological polar surface area (TPSA) is 64.0 Å². The van der Waals surface area contributed by atoms with Crippen LogP contribution < -0.4 is 10.9 Å². The minimum atomic E-state index is -0.181. The number of carbonyl (C=O) groups is 1. The first kappa shape index (κ1) is 16.9. The molecule has 0 unspecified atom stereocenters. The van der Waals surface area contributed by atoms with Crippen LogP contribution in [0.3, 0.4) is 0 Å². The van der Waals surface area contributed by atoms with Crippen molar-refractivity contribution in [2.24, 2.45) is 0 Å². The Morgan fingerprint density at radius 3 is 2.79 bits per heavy atom. The van der Waals surface area contributed by atoms with Crippen molar-refractivity contribution in [2.75, 3.05) is 6.54 Å². The number of benzene rings is 1. The summed E-state index contributed by atoms with van der Waals surface area (Å²) in [6, 6.07) is 9.82. The lowest BCUT2D eigenvalue weighted by Crippen LogP contribution is -2.32. The summed E-state index contributed by atoms with van der Waals surface area (Å²) in [7, 11) is 0. The number of hydrogen-bond donors (Lipinski definition) is 1. The molecule has 7 heteroatoms. The molecule has 0 aliphatic heterocycles. The van der Waals surface area contributed by atoms with Crippen LogP contribution in [0.1, 0.15) is 13.3 Å². The van der Waals surface area contributed by atoms with Crippen molar-refractivity contribution >= 4 is 43.4 Å². The number of fused-ring (bicyclic) bond motifs is 1. The number of nitrogens with zero attached hydrogens (tertiary/aromatic N) is 2. The predicted molar refractivity (Wildman–Crippen MR) is 100 cm³/mol. The van der Waals surface area contributed by atoms with Gasteiger partial charge >= 0.3 is 0 Å². The Labute approximate surface area is 151 Å². The van der Waals surface area contributed by atoms with Gasteiger partial charge in [-0.05, 0) is 30.2 Å². The zero-order valence-corrected chi connectivity index (χ0v) is 15.5. The maximum atomic E-state index is 12.6. The minimum absolute atomic E-state index is 0.00666. The summed E-state index contributed by atoms with van der Waals surface area (Å²) >= 11 is 4.81. The zero-order chi connectivity index (χ0) is 17.1. The van der Waals surface area contributed by atoms with Gasteiger partial charge in [-0.15, -0.1) is 11.3 Å². The molecule has 1 amide bonds. The number of thiophene rings is 1. The van der Waals surface area contributed by atoms with E-state index in [0.29, 0.717) is 16.8 Å². The van der Waals surface area contributed by atoms with Gasteiger partial charge in [-0.1, -0.05) is 35.0 Å². The Kier molecular flexibility index (Phi) is 5.11. The molecule has 3 rings (SSSR count). The van der Waals surface area contributed by atoms with Crippen LogP contribution in [0.5, 0.6) is 0 Å². The van der Waals surface area contributed by atoms with E-state index in [1.54, 1.807) is 0 Å². The molecule has 5 nitrogen and oxygen atoms in total. The second kappa shape index (κ2) is 7.27. The van der Waals surface area contributed by atoms with Crippen LogP contribution in [-0.2, 0) is 11.3 Å². The molecule has 2 aromatic heterocycles. The van der Waals surface area contributed by atoms with E-state index in [2.05, 4.69) is 26.2 Å². The largest absolute Gasteiger partial charge is 0.355 e. The highest BCUT2D eigenvalue weighted by Crippen LogP contribution is 2.31. The van der Waals surface area contributed by atoms with Crippen LogP contribution in [0.15, 0.2) is 45.9 Å². The molecule has 124 valence electrons. The Morgan fingerprint density at radius 2 is 2.08 bits per heavy atom. The van der Waals surface area contributed by atoms with Crippen molar-refractivity contribution in [2.45, 2.75) is 19.9 Å². The highest BCUT2D eigenvalue weighted by Gasteiger charge is 2.12. The van der Waals surface area contributed by atoms with Crippen LogP contribution in [0.4, 0.5) is 0 Å². The van der Waals surface area contributed by atoms with E-state index >= 15 is 0 Å². The average molecular weight is 406 g/mol. The van der Waals surface area contributed by atoms with Crippen LogP contribution in [-0.4, -0.2) is 22.0 Å².